The zero-order valence-electron chi connectivity index (χ0n) is 22.5. The summed E-state index contributed by atoms with van der Waals surface area (Å²) >= 11 is 0. The van der Waals surface area contributed by atoms with Crippen molar-refractivity contribution in [3.63, 3.8) is 0 Å². The Morgan fingerprint density at radius 2 is 1.46 bits per heavy atom. The van der Waals surface area contributed by atoms with Crippen LogP contribution < -0.4 is 15.5 Å². The van der Waals surface area contributed by atoms with E-state index >= 15 is 0 Å². The minimum absolute atomic E-state index is 0.0462. The van der Waals surface area contributed by atoms with Crippen molar-refractivity contribution in [2.45, 2.75) is 39.8 Å². The summed E-state index contributed by atoms with van der Waals surface area (Å²) in [4.78, 5) is 25.4. The largest absolute Gasteiger partial charge is 0.489 e. The first-order chi connectivity index (χ1) is 18.9. The van der Waals surface area contributed by atoms with Crippen molar-refractivity contribution in [3.05, 3.63) is 136 Å². The molecule has 4 aromatic rings. The lowest BCUT2D eigenvalue weighted by molar-refractivity contribution is -0.121. The van der Waals surface area contributed by atoms with Gasteiger partial charge in [0.05, 0.1) is 18.7 Å². The maximum absolute atomic E-state index is 12.7. The summed E-state index contributed by atoms with van der Waals surface area (Å²) in [7, 11) is 0. The van der Waals surface area contributed by atoms with E-state index in [0.717, 1.165) is 16.9 Å². The molecule has 0 bridgehead atoms. The molecule has 198 valence electrons. The zero-order valence-corrected chi connectivity index (χ0v) is 22.5. The van der Waals surface area contributed by atoms with E-state index in [1.807, 2.05) is 60.7 Å². The molecular formula is C33H33N3O3. The smallest absolute Gasteiger partial charge is 0.251 e. The van der Waals surface area contributed by atoms with Gasteiger partial charge in [0, 0.05) is 5.56 Å². The Balaban J connectivity index is 1.32. The number of hydrazone groups is 1. The molecule has 0 heterocycles. The summed E-state index contributed by atoms with van der Waals surface area (Å²) in [5, 5.41) is 7.06. The van der Waals surface area contributed by atoms with Crippen LogP contribution in [-0.2, 0) is 11.4 Å². The fourth-order valence-electron chi connectivity index (χ4n) is 4.42. The number of nitrogens with zero attached hydrogens (tertiary/aromatic N) is 1. The van der Waals surface area contributed by atoms with Crippen LogP contribution in [0.4, 0.5) is 0 Å². The predicted molar refractivity (Wildman–Crippen MR) is 155 cm³/mol. The van der Waals surface area contributed by atoms with Gasteiger partial charge in [-0.15, -0.1) is 0 Å². The van der Waals surface area contributed by atoms with Crippen LogP contribution in [-0.4, -0.2) is 18.0 Å². The second kappa shape index (κ2) is 13.2. The minimum Gasteiger partial charge on any atom is -0.489 e. The molecule has 1 atom stereocenters. The van der Waals surface area contributed by atoms with Gasteiger partial charge in [0.1, 0.15) is 12.4 Å². The molecule has 0 fully saturated rings. The number of amides is 2. The lowest BCUT2D eigenvalue weighted by Crippen LogP contribution is -2.32. The van der Waals surface area contributed by atoms with Gasteiger partial charge in [-0.05, 0) is 85.0 Å². The molecule has 0 radical (unpaired) electrons. The highest BCUT2D eigenvalue weighted by Gasteiger charge is 2.19. The Morgan fingerprint density at radius 1 is 0.846 bits per heavy atom. The summed E-state index contributed by atoms with van der Waals surface area (Å²) in [5.74, 6) is 0.212. The average molecular weight is 520 g/mol. The molecule has 0 saturated heterocycles. The first-order valence-electron chi connectivity index (χ1n) is 12.9. The van der Waals surface area contributed by atoms with E-state index in [9.17, 15) is 9.59 Å². The number of carbonyl (C=O) groups is 2. The van der Waals surface area contributed by atoms with Crippen molar-refractivity contribution in [3.8, 4) is 5.75 Å². The van der Waals surface area contributed by atoms with E-state index in [1.165, 1.54) is 22.3 Å². The lowest BCUT2D eigenvalue weighted by atomic mass is 10.0. The normalized spacial score (nSPS) is 11.7. The molecule has 0 aliphatic rings. The van der Waals surface area contributed by atoms with E-state index in [0.29, 0.717) is 12.2 Å². The fourth-order valence-corrected chi connectivity index (χ4v) is 4.42. The minimum atomic E-state index is -0.494. The van der Waals surface area contributed by atoms with Crippen LogP contribution in [0.5, 0.6) is 5.75 Å². The summed E-state index contributed by atoms with van der Waals surface area (Å²) < 4.78 is 5.99. The van der Waals surface area contributed by atoms with E-state index in [1.54, 1.807) is 30.5 Å². The second-order valence-corrected chi connectivity index (χ2v) is 9.54. The van der Waals surface area contributed by atoms with Gasteiger partial charge < -0.3 is 10.1 Å². The molecule has 39 heavy (non-hydrogen) atoms. The molecule has 0 aromatic heterocycles. The number of ether oxygens (including phenoxy) is 1. The highest BCUT2D eigenvalue weighted by atomic mass is 16.5. The van der Waals surface area contributed by atoms with E-state index in [2.05, 4.69) is 48.7 Å². The highest BCUT2D eigenvalue weighted by Crippen LogP contribution is 2.20. The number of aryl methyl sites for hydroxylation is 3. The topological polar surface area (TPSA) is 79.8 Å². The maximum atomic E-state index is 12.7. The van der Waals surface area contributed by atoms with Gasteiger partial charge in [0.15, 0.2) is 0 Å². The molecule has 0 unspecified atom stereocenters. The Bertz CT molecular complexity index is 1410. The quantitative estimate of drug-likeness (QED) is 0.193. The van der Waals surface area contributed by atoms with E-state index < -0.39 is 6.04 Å². The Morgan fingerprint density at radius 3 is 2.10 bits per heavy atom. The van der Waals surface area contributed by atoms with Gasteiger partial charge >= 0.3 is 0 Å². The zero-order chi connectivity index (χ0) is 27.6. The first-order valence-corrected chi connectivity index (χ1v) is 12.9. The highest BCUT2D eigenvalue weighted by molar-refractivity contribution is 5.94. The maximum Gasteiger partial charge on any atom is 0.251 e. The summed E-state index contributed by atoms with van der Waals surface area (Å²) in [6.45, 7) is 6.81. The van der Waals surface area contributed by atoms with Crippen molar-refractivity contribution in [2.75, 3.05) is 0 Å². The van der Waals surface area contributed by atoms with Gasteiger partial charge in [-0.1, -0.05) is 66.2 Å². The van der Waals surface area contributed by atoms with Gasteiger partial charge in [0.2, 0.25) is 5.91 Å². The van der Waals surface area contributed by atoms with Gasteiger partial charge in [-0.25, -0.2) is 5.43 Å². The average Bonchev–Trinajstić information content (AvgIpc) is 2.94. The third kappa shape index (κ3) is 7.89. The van der Waals surface area contributed by atoms with E-state index in [4.69, 9.17) is 4.74 Å². The second-order valence-electron chi connectivity index (χ2n) is 9.54. The van der Waals surface area contributed by atoms with Crippen LogP contribution in [0.25, 0.3) is 0 Å². The Hall–Kier alpha value is -4.71. The Labute approximate surface area is 229 Å². The van der Waals surface area contributed by atoms with Crippen LogP contribution in [0.3, 0.4) is 0 Å². The van der Waals surface area contributed by atoms with Crippen molar-refractivity contribution < 1.29 is 14.3 Å². The van der Waals surface area contributed by atoms with Gasteiger partial charge in [-0.3, -0.25) is 9.59 Å². The molecule has 4 rings (SSSR count). The fraction of sp³-hybridized carbons (Fsp3) is 0.182. The summed E-state index contributed by atoms with van der Waals surface area (Å²) in [5.41, 5.74) is 9.66. The molecule has 4 aromatic carbocycles. The molecule has 0 aliphatic carbocycles. The number of benzene rings is 4. The standard InChI is InChI=1S/C33H33N3O3/c1-23-18-24(2)30(25(3)19-23)22-39-29-16-14-26(15-17-29)21-34-36-32(37)20-31(27-10-6-4-7-11-27)35-33(38)28-12-8-5-9-13-28/h4-19,21,31H,20,22H2,1-3H3,(H,35,38)(H,36,37)/b34-21-/t31-/m0/s1. The molecule has 0 aliphatic heterocycles. The van der Waals surface area contributed by atoms with Crippen LogP contribution in [0.15, 0.2) is 102 Å². The number of rotatable bonds is 10. The van der Waals surface area contributed by atoms with E-state index in [-0.39, 0.29) is 18.2 Å². The SMILES string of the molecule is Cc1cc(C)c(COc2ccc(/C=N\NC(=O)C[C@H](NC(=O)c3ccccc3)c3ccccc3)cc2)c(C)c1. The number of hydrogen-bond donors (Lipinski definition) is 2. The monoisotopic (exact) mass is 519 g/mol. The molecule has 0 spiro atoms. The van der Waals surface area contributed by atoms with Crippen molar-refractivity contribution in [1.82, 2.24) is 10.7 Å². The van der Waals surface area contributed by atoms with Crippen LogP contribution in [0.2, 0.25) is 0 Å². The molecule has 2 amide bonds. The van der Waals surface area contributed by atoms with Crippen molar-refractivity contribution in [2.24, 2.45) is 5.10 Å². The first kappa shape index (κ1) is 27.3. The summed E-state index contributed by atoms with van der Waals surface area (Å²) in [6, 6.07) is 29.7. The molecule has 0 saturated carbocycles. The van der Waals surface area contributed by atoms with Crippen LogP contribution in [0, 0.1) is 20.8 Å². The van der Waals surface area contributed by atoms with Crippen molar-refractivity contribution in [1.29, 1.82) is 0 Å². The van der Waals surface area contributed by atoms with Crippen molar-refractivity contribution >= 4 is 18.0 Å². The third-order valence-corrected chi connectivity index (χ3v) is 6.44. The van der Waals surface area contributed by atoms with Crippen LogP contribution in [0.1, 0.15) is 56.2 Å². The summed E-state index contributed by atoms with van der Waals surface area (Å²) in [6.07, 6.45) is 1.63. The molecule has 6 nitrogen and oxygen atoms in total. The molecule has 6 heteroatoms. The predicted octanol–water partition coefficient (Wildman–Crippen LogP) is 6.20. The molecular weight excluding hydrogens is 486 g/mol. The third-order valence-electron chi connectivity index (χ3n) is 6.44. The van der Waals surface area contributed by atoms with Crippen LogP contribution >= 0.6 is 0 Å². The van der Waals surface area contributed by atoms with Gasteiger partial charge in [0.25, 0.3) is 5.91 Å². The number of carbonyl (C=O) groups excluding carboxylic acids is 2. The number of hydrogen-bond acceptors (Lipinski definition) is 4. The molecule has 2 N–H and O–H groups in total. The van der Waals surface area contributed by atoms with Gasteiger partial charge in [-0.2, -0.15) is 5.10 Å². The lowest BCUT2D eigenvalue weighted by Gasteiger charge is -2.18. The number of nitrogens with one attached hydrogen (secondary N) is 2. The Kier molecular flexibility index (Phi) is 9.25.